The van der Waals surface area contributed by atoms with Crippen LogP contribution in [0.15, 0.2) is 12.1 Å². The van der Waals surface area contributed by atoms with Gasteiger partial charge in [-0.15, -0.1) is 0 Å². The molecule has 1 saturated carbocycles. The van der Waals surface area contributed by atoms with E-state index in [1.165, 1.54) is 0 Å². The SMILES string of the molecule is COc1ccc(C)c(C2(O)CC2)c1Cl. The third kappa shape index (κ3) is 1.39. The van der Waals surface area contributed by atoms with E-state index in [1.54, 1.807) is 7.11 Å². The van der Waals surface area contributed by atoms with Crippen LogP contribution in [0.3, 0.4) is 0 Å². The zero-order valence-corrected chi connectivity index (χ0v) is 9.06. The Kier molecular flexibility index (Phi) is 2.20. The van der Waals surface area contributed by atoms with Crippen molar-refractivity contribution in [1.82, 2.24) is 0 Å². The van der Waals surface area contributed by atoms with Gasteiger partial charge >= 0.3 is 0 Å². The Labute approximate surface area is 88.5 Å². The Morgan fingerprint density at radius 3 is 2.57 bits per heavy atom. The molecule has 0 aromatic heterocycles. The van der Waals surface area contributed by atoms with Crippen molar-refractivity contribution in [2.45, 2.75) is 25.4 Å². The average molecular weight is 213 g/mol. The van der Waals surface area contributed by atoms with Crippen LogP contribution in [0.1, 0.15) is 24.0 Å². The minimum atomic E-state index is -0.699. The van der Waals surface area contributed by atoms with Crippen molar-refractivity contribution in [3.05, 3.63) is 28.3 Å². The van der Waals surface area contributed by atoms with Crippen molar-refractivity contribution in [3.8, 4) is 5.75 Å². The monoisotopic (exact) mass is 212 g/mol. The molecule has 1 aliphatic carbocycles. The van der Waals surface area contributed by atoms with Gasteiger partial charge in [-0.1, -0.05) is 17.7 Å². The van der Waals surface area contributed by atoms with E-state index in [4.69, 9.17) is 16.3 Å². The first kappa shape index (κ1) is 9.81. The molecule has 14 heavy (non-hydrogen) atoms. The average Bonchev–Trinajstić information content (AvgIpc) is 2.85. The molecular weight excluding hydrogens is 200 g/mol. The summed E-state index contributed by atoms with van der Waals surface area (Å²) in [6.45, 7) is 1.96. The van der Waals surface area contributed by atoms with Crippen LogP contribution in [0, 0.1) is 6.92 Å². The Bertz CT molecular complexity index is 370. The Morgan fingerprint density at radius 1 is 1.43 bits per heavy atom. The number of hydrogen-bond acceptors (Lipinski definition) is 2. The lowest BCUT2D eigenvalue weighted by atomic mass is 10.0. The van der Waals surface area contributed by atoms with Crippen molar-refractivity contribution in [1.29, 1.82) is 0 Å². The van der Waals surface area contributed by atoms with E-state index in [0.717, 1.165) is 24.0 Å². The number of methoxy groups -OCH3 is 1. The first-order chi connectivity index (χ1) is 6.58. The fourth-order valence-electron chi connectivity index (χ4n) is 1.75. The highest BCUT2D eigenvalue weighted by Gasteiger charge is 2.45. The van der Waals surface area contributed by atoms with Crippen molar-refractivity contribution >= 4 is 11.6 Å². The van der Waals surface area contributed by atoms with Crippen LogP contribution >= 0.6 is 11.6 Å². The summed E-state index contributed by atoms with van der Waals surface area (Å²) >= 11 is 6.15. The highest BCUT2D eigenvalue weighted by Crippen LogP contribution is 2.50. The summed E-state index contributed by atoms with van der Waals surface area (Å²) in [5.74, 6) is 0.632. The van der Waals surface area contributed by atoms with Gasteiger partial charge in [0.2, 0.25) is 0 Å². The molecule has 0 bridgehead atoms. The van der Waals surface area contributed by atoms with Gasteiger partial charge in [-0.05, 0) is 31.4 Å². The summed E-state index contributed by atoms with van der Waals surface area (Å²) < 4.78 is 5.12. The molecule has 1 aliphatic rings. The number of rotatable bonds is 2. The quantitative estimate of drug-likeness (QED) is 0.817. The van der Waals surface area contributed by atoms with Gasteiger partial charge < -0.3 is 9.84 Å². The molecule has 0 aliphatic heterocycles. The molecule has 3 heteroatoms. The predicted molar refractivity (Wildman–Crippen MR) is 55.9 cm³/mol. The zero-order chi connectivity index (χ0) is 10.3. The van der Waals surface area contributed by atoms with Gasteiger partial charge in [0.05, 0.1) is 17.7 Å². The molecule has 0 atom stereocenters. The molecule has 0 radical (unpaired) electrons. The van der Waals surface area contributed by atoms with E-state index >= 15 is 0 Å². The molecule has 0 spiro atoms. The fourth-order valence-corrected chi connectivity index (χ4v) is 2.22. The largest absolute Gasteiger partial charge is 0.495 e. The van der Waals surface area contributed by atoms with Crippen LogP contribution in [-0.4, -0.2) is 12.2 Å². The lowest BCUT2D eigenvalue weighted by molar-refractivity contribution is 0.150. The van der Waals surface area contributed by atoms with Crippen molar-refractivity contribution < 1.29 is 9.84 Å². The fraction of sp³-hybridized carbons (Fsp3) is 0.455. The van der Waals surface area contributed by atoms with Crippen molar-refractivity contribution in [2.75, 3.05) is 7.11 Å². The molecule has 2 rings (SSSR count). The summed E-state index contributed by atoms with van der Waals surface area (Å²) in [7, 11) is 1.58. The first-order valence-corrected chi connectivity index (χ1v) is 5.02. The minimum Gasteiger partial charge on any atom is -0.495 e. The maximum Gasteiger partial charge on any atom is 0.137 e. The third-order valence-corrected chi connectivity index (χ3v) is 3.10. The summed E-state index contributed by atoms with van der Waals surface area (Å²) in [6.07, 6.45) is 1.58. The summed E-state index contributed by atoms with van der Waals surface area (Å²) in [5, 5.41) is 10.6. The molecule has 0 saturated heterocycles. The molecule has 1 N–H and O–H groups in total. The molecule has 0 unspecified atom stereocenters. The van der Waals surface area contributed by atoms with E-state index < -0.39 is 5.60 Å². The normalized spacial score (nSPS) is 18.0. The van der Waals surface area contributed by atoms with Gasteiger partial charge in [-0.2, -0.15) is 0 Å². The van der Waals surface area contributed by atoms with Crippen LogP contribution in [0.25, 0.3) is 0 Å². The van der Waals surface area contributed by atoms with Gasteiger partial charge in [0.25, 0.3) is 0 Å². The summed E-state index contributed by atoms with van der Waals surface area (Å²) in [5.41, 5.74) is 1.16. The van der Waals surface area contributed by atoms with Gasteiger partial charge in [0.1, 0.15) is 5.75 Å². The number of aliphatic hydroxyl groups is 1. The number of aryl methyl sites for hydroxylation is 1. The maximum atomic E-state index is 10.0. The third-order valence-electron chi connectivity index (χ3n) is 2.72. The van der Waals surface area contributed by atoms with Crippen LogP contribution in [-0.2, 0) is 5.60 Å². The van der Waals surface area contributed by atoms with Crippen molar-refractivity contribution in [3.63, 3.8) is 0 Å². The van der Waals surface area contributed by atoms with Gasteiger partial charge in [0.15, 0.2) is 0 Å². The Balaban J connectivity index is 2.56. The minimum absolute atomic E-state index is 0.549. The Hall–Kier alpha value is -0.730. The molecule has 1 aromatic rings. The number of benzene rings is 1. The van der Waals surface area contributed by atoms with Crippen LogP contribution < -0.4 is 4.74 Å². The molecule has 0 amide bonds. The molecule has 76 valence electrons. The smallest absolute Gasteiger partial charge is 0.137 e. The molecule has 2 nitrogen and oxygen atoms in total. The number of halogens is 1. The summed E-state index contributed by atoms with van der Waals surface area (Å²) in [6, 6.07) is 3.75. The summed E-state index contributed by atoms with van der Waals surface area (Å²) in [4.78, 5) is 0. The van der Waals surface area contributed by atoms with E-state index in [-0.39, 0.29) is 0 Å². The van der Waals surface area contributed by atoms with E-state index in [1.807, 2.05) is 19.1 Å². The lowest BCUT2D eigenvalue weighted by Crippen LogP contribution is -2.08. The van der Waals surface area contributed by atoms with Gasteiger partial charge in [-0.3, -0.25) is 0 Å². The number of ether oxygens (including phenoxy) is 1. The van der Waals surface area contributed by atoms with Crippen LogP contribution in [0.4, 0.5) is 0 Å². The Morgan fingerprint density at radius 2 is 2.07 bits per heavy atom. The molecule has 1 aromatic carbocycles. The highest BCUT2D eigenvalue weighted by molar-refractivity contribution is 6.33. The number of hydrogen-bond donors (Lipinski definition) is 1. The van der Waals surface area contributed by atoms with E-state index in [9.17, 15) is 5.11 Å². The van der Waals surface area contributed by atoms with Crippen LogP contribution in [0.5, 0.6) is 5.75 Å². The molecule has 1 fully saturated rings. The second-order valence-corrected chi connectivity index (χ2v) is 4.18. The predicted octanol–water partition coefficient (Wildman–Crippen LogP) is 2.64. The van der Waals surface area contributed by atoms with Crippen LogP contribution in [0.2, 0.25) is 5.02 Å². The standard InChI is InChI=1S/C11H13ClO2/c1-7-3-4-8(14-2)10(12)9(7)11(13)5-6-11/h3-4,13H,5-6H2,1-2H3. The lowest BCUT2D eigenvalue weighted by Gasteiger charge is -2.16. The molecule has 0 heterocycles. The van der Waals surface area contributed by atoms with Gasteiger partial charge in [0, 0.05) is 5.56 Å². The molecular formula is C11H13ClO2. The van der Waals surface area contributed by atoms with Crippen molar-refractivity contribution in [2.24, 2.45) is 0 Å². The topological polar surface area (TPSA) is 29.5 Å². The second-order valence-electron chi connectivity index (χ2n) is 3.81. The maximum absolute atomic E-state index is 10.0. The van der Waals surface area contributed by atoms with E-state index in [0.29, 0.717) is 10.8 Å². The van der Waals surface area contributed by atoms with E-state index in [2.05, 4.69) is 0 Å². The first-order valence-electron chi connectivity index (χ1n) is 4.64. The van der Waals surface area contributed by atoms with Gasteiger partial charge in [-0.25, -0.2) is 0 Å². The second kappa shape index (κ2) is 3.14. The highest BCUT2D eigenvalue weighted by atomic mass is 35.5. The zero-order valence-electron chi connectivity index (χ0n) is 8.30.